The van der Waals surface area contributed by atoms with Gasteiger partial charge in [-0.05, 0) is 74.5 Å². The molecule has 0 aliphatic carbocycles. The molecule has 0 amide bonds. The van der Waals surface area contributed by atoms with Gasteiger partial charge in [0.1, 0.15) is 12.1 Å². The number of ether oxygens (including phenoxy) is 1. The number of nitrogens with two attached hydrogens (primary N) is 2. The second-order valence-corrected chi connectivity index (χ2v) is 8.80. The van der Waals surface area contributed by atoms with Crippen molar-refractivity contribution in [3.63, 3.8) is 0 Å². The quantitative estimate of drug-likeness (QED) is 0.315. The molecule has 2 aromatic carbocycles. The topological polar surface area (TPSA) is 142 Å². The molecule has 10 heteroatoms. The maximum atomic E-state index is 6.37. The molecule has 4 aromatic heterocycles. The smallest absolute Gasteiger partial charge is 0.326 e. The van der Waals surface area contributed by atoms with Gasteiger partial charge in [0.05, 0.1) is 11.0 Å². The molecule has 6 rings (SSSR count). The first-order valence-corrected chi connectivity index (χ1v) is 11.9. The molecule has 0 unspecified atom stereocenters. The monoisotopic (exact) mass is 501 g/mol. The summed E-state index contributed by atoms with van der Waals surface area (Å²) in [5, 5.41) is 1.64. The van der Waals surface area contributed by atoms with Gasteiger partial charge in [-0.15, -0.1) is 0 Å². The summed E-state index contributed by atoms with van der Waals surface area (Å²) >= 11 is 0. The summed E-state index contributed by atoms with van der Waals surface area (Å²) in [4.78, 5) is 28.4. The fourth-order valence-electron chi connectivity index (χ4n) is 4.36. The molecule has 6 aromatic rings. The molecule has 0 saturated heterocycles. The highest BCUT2D eigenvalue weighted by Gasteiger charge is 2.19. The Bertz CT molecular complexity index is 1720. The average Bonchev–Trinajstić information content (AvgIpc) is 2.90. The number of hydrogen-bond acceptors (Lipinski definition) is 10. The van der Waals surface area contributed by atoms with Crippen LogP contribution in [0.5, 0.6) is 11.8 Å². The molecule has 0 aliphatic rings. The molecule has 0 saturated carbocycles. The minimum Gasteiger partial charge on any atom is -0.424 e. The first kappa shape index (κ1) is 23.0. The number of hydrogen-bond donors (Lipinski definition) is 2. The fourth-order valence-corrected chi connectivity index (χ4v) is 4.36. The molecule has 4 N–H and O–H groups in total. The van der Waals surface area contributed by atoms with Crippen molar-refractivity contribution in [2.45, 2.75) is 13.8 Å². The lowest BCUT2D eigenvalue weighted by Gasteiger charge is -2.24. The Morgan fingerprint density at radius 2 is 1.26 bits per heavy atom. The van der Waals surface area contributed by atoms with Crippen molar-refractivity contribution in [3.05, 3.63) is 90.8 Å². The molecule has 0 aliphatic heterocycles. The lowest BCUT2D eigenvalue weighted by atomic mass is 10.1. The van der Waals surface area contributed by atoms with Crippen LogP contribution in [-0.4, -0.2) is 29.9 Å². The number of benzene rings is 2. The van der Waals surface area contributed by atoms with Crippen LogP contribution in [0.25, 0.3) is 21.8 Å². The summed E-state index contributed by atoms with van der Waals surface area (Å²) in [5.74, 6) is 0.906. The van der Waals surface area contributed by atoms with Crippen molar-refractivity contribution in [2.75, 3.05) is 16.4 Å². The standard InChI is InChI=1S/C28H23N9O/c1-16-11-23(29)21-13-18(3-5-25(21)34-16)37(19-4-6-26-22(14-19)24(30)12-17(2)35-26)27-32-15-33-28(36-27)38-20-7-9-31-10-8-20/h3-15H,1-2H3,(H2,29,34)(H2,30,35). The van der Waals surface area contributed by atoms with E-state index in [0.29, 0.717) is 23.1 Å². The van der Waals surface area contributed by atoms with E-state index in [1.165, 1.54) is 6.33 Å². The summed E-state index contributed by atoms with van der Waals surface area (Å²) < 4.78 is 5.86. The van der Waals surface area contributed by atoms with Gasteiger partial charge < -0.3 is 16.2 Å². The normalized spacial score (nSPS) is 11.1. The van der Waals surface area contributed by atoms with Gasteiger partial charge >= 0.3 is 6.01 Å². The minimum atomic E-state index is 0.140. The highest BCUT2D eigenvalue weighted by Crippen LogP contribution is 2.37. The van der Waals surface area contributed by atoms with Gasteiger partial charge in [0, 0.05) is 57.3 Å². The van der Waals surface area contributed by atoms with Gasteiger partial charge in [-0.3, -0.25) is 19.9 Å². The third-order valence-corrected chi connectivity index (χ3v) is 6.02. The summed E-state index contributed by atoms with van der Waals surface area (Å²) in [6.45, 7) is 3.83. The van der Waals surface area contributed by atoms with E-state index in [9.17, 15) is 0 Å². The van der Waals surface area contributed by atoms with Crippen molar-refractivity contribution in [1.82, 2.24) is 29.9 Å². The van der Waals surface area contributed by atoms with E-state index in [0.717, 1.165) is 44.6 Å². The summed E-state index contributed by atoms with van der Waals surface area (Å²) in [6, 6.07) is 19.0. The van der Waals surface area contributed by atoms with E-state index in [2.05, 4.69) is 29.9 Å². The van der Waals surface area contributed by atoms with E-state index >= 15 is 0 Å². The number of fused-ring (bicyclic) bond motifs is 2. The molecule has 38 heavy (non-hydrogen) atoms. The number of aryl methyl sites for hydroxylation is 2. The zero-order chi connectivity index (χ0) is 26.2. The van der Waals surface area contributed by atoms with Crippen LogP contribution in [0.15, 0.2) is 79.4 Å². The zero-order valence-electron chi connectivity index (χ0n) is 20.7. The van der Waals surface area contributed by atoms with Crippen LogP contribution in [-0.2, 0) is 0 Å². The minimum absolute atomic E-state index is 0.140. The number of rotatable bonds is 5. The van der Waals surface area contributed by atoms with Gasteiger partial charge in [0.15, 0.2) is 0 Å². The predicted molar refractivity (Wildman–Crippen MR) is 148 cm³/mol. The number of pyridine rings is 3. The Morgan fingerprint density at radius 3 is 1.84 bits per heavy atom. The number of aromatic nitrogens is 6. The van der Waals surface area contributed by atoms with Crippen LogP contribution in [0.2, 0.25) is 0 Å². The van der Waals surface area contributed by atoms with Gasteiger partial charge in [-0.2, -0.15) is 9.97 Å². The first-order valence-electron chi connectivity index (χ1n) is 11.9. The summed E-state index contributed by atoms with van der Waals surface area (Å²) in [7, 11) is 0. The van der Waals surface area contributed by atoms with E-state index in [1.54, 1.807) is 24.5 Å². The Balaban J connectivity index is 1.53. The van der Waals surface area contributed by atoms with Gasteiger partial charge in [-0.25, -0.2) is 4.98 Å². The van der Waals surface area contributed by atoms with Crippen molar-refractivity contribution < 1.29 is 4.74 Å². The SMILES string of the molecule is Cc1cc(N)c2cc(N(c3ccc4nc(C)cc(N)c4c3)c3ncnc(Oc4ccncc4)n3)ccc2n1. The van der Waals surface area contributed by atoms with Crippen molar-refractivity contribution >= 4 is 50.5 Å². The number of nitrogen functional groups attached to an aromatic ring is 2. The van der Waals surface area contributed by atoms with Gasteiger partial charge in [0.2, 0.25) is 5.95 Å². The third-order valence-electron chi connectivity index (χ3n) is 6.02. The lowest BCUT2D eigenvalue weighted by molar-refractivity contribution is 0.439. The van der Waals surface area contributed by atoms with Crippen molar-refractivity contribution in [2.24, 2.45) is 0 Å². The maximum absolute atomic E-state index is 6.37. The van der Waals surface area contributed by atoms with Crippen LogP contribution < -0.4 is 21.1 Å². The molecule has 0 fully saturated rings. The van der Waals surface area contributed by atoms with Crippen molar-refractivity contribution in [1.29, 1.82) is 0 Å². The van der Waals surface area contributed by atoms with Crippen LogP contribution in [0.3, 0.4) is 0 Å². The molecule has 0 atom stereocenters. The third kappa shape index (κ3) is 4.35. The predicted octanol–water partition coefficient (Wildman–Crippen LogP) is 5.41. The Labute approximate surface area is 218 Å². The highest BCUT2D eigenvalue weighted by molar-refractivity contribution is 5.97. The van der Waals surface area contributed by atoms with Crippen LogP contribution in [0.4, 0.5) is 28.7 Å². The molecule has 10 nitrogen and oxygen atoms in total. The molecule has 4 heterocycles. The van der Waals surface area contributed by atoms with E-state index in [-0.39, 0.29) is 6.01 Å². The molecule has 0 bridgehead atoms. The second-order valence-electron chi connectivity index (χ2n) is 8.80. The average molecular weight is 502 g/mol. The maximum Gasteiger partial charge on any atom is 0.326 e. The fraction of sp³-hybridized carbons (Fsp3) is 0.0714. The van der Waals surface area contributed by atoms with Crippen LogP contribution in [0, 0.1) is 13.8 Å². The van der Waals surface area contributed by atoms with Crippen molar-refractivity contribution in [3.8, 4) is 11.8 Å². The number of nitrogens with zero attached hydrogens (tertiary/aromatic N) is 7. The molecule has 186 valence electrons. The van der Waals surface area contributed by atoms with E-state index < -0.39 is 0 Å². The zero-order valence-corrected chi connectivity index (χ0v) is 20.7. The molecular weight excluding hydrogens is 478 g/mol. The summed E-state index contributed by atoms with van der Waals surface area (Å²) in [5.41, 5.74) is 18.8. The second kappa shape index (κ2) is 9.25. The Kier molecular flexibility index (Phi) is 5.61. The largest absolute Gasteiger partial charge is 0.424 e. The van der Waals surface area contributed by atoms with Crippen LogP contribution >= 0.6 is 0 Å². The Hall–Kier alpha value is -5.38. The van der Waals surface area contributed by atoms with Gasteiger partial charge in [0.25, 0.3) is 0 Å². The number of anilines is 5. The van der Waals surface area contributed by atoms with E-state index in [1.807, 2.05) is 67.3 Å². The molecule has 0 spiro atoms. The summed E-state index contributed by atoms with van der Waals surface area (Å²) in [6.07, 6.45) is 4.68. The highest BCUT2D eigenvalue weighted by atomic mass is 16.5. The van der Waals surface area contributed by atoms with E-state index in [4.69, 9.17) is 16.2 Å². The molecule has 0 radical (unpaired) electrons. The lowest BCUT2D eigenvalue weighted by Crippen LogP contribution is -2.14. The molecular formula is C28H23N9O. The van der Waals surface area contributed by atoms with Gasteiger partial charge in [-0.1, -0.05) is 0 Å². The first-order chi connectivity index (χ1) is 18.4. The Morgan fingerprint density at radius 1 is 0.684 bits per heavy atom. The van der Waals surface area contributed by atoms with Crippen LogP contribution in [0.1, 0.15) is 11.4 Å².